The van der Waals surface area contributed by atoms with Crippen molar-refractivity contribution in [2.24, 2.45) is 0 Å². The van der Waals surface area contributed by atoms with Crippen LogP contribution in [0, 0.1) is 0 Å². The Balaban J connectivity index is 1.01. The molecule has 0 amide bonds. The molecule has 0 radical (unpaired) electrons. The molecule has 0 N–H and O–H groups in total. The number of benzene rings is 9. The smallest absolute Gasteiger partial charge is 0.167 e. The molecular formula is C51H29N3O2. The van der Waals surface area contributed by atoms with Crippen molar-refractivity contribution in [2.45, 2.75) is 0 Å². The summed E-state index contributed by atoms with van der Waals surface area (Å²) < 4.78 is 13.0. The fourth-order valence-electron chi connectivity index (χ4n) is 8.45. The first-order valence-electron chi connectivity index (χ1n) is 18.8. The molecule has 0 fully saturated rings. The number of nitrogens with zero attached hydrogens (tertiary/aromatic N) is 3. The van der Waals surface area contributed by atoms with Crippen LogP contribution in [0.25, 0.3) is 121 Å². The van der Waals surface area contributed by atoms with Crippen LogP contribution in [0.3, 0.4) is 0 Å². The molecule has 0 saturated heterocycles. The van der Waals surface area contributed by atoms with Crippen LogP contribution in [0.1, 0.15) is 0 Å². The van der Waals surface area contributed by atoms with E-state index in [-0.39, 0.29) is 0 Å². The molecule has 5 heteroatoms. The Morgan fingerprint density at radius 3 is 1.50 bits per heavy atom. The maximum Gasteiger partial charge on any atom is 0.167 e. The molecule has 0 aliphatic carbocycles. The Kier molecular flexibility index (Phi) is 6.56. The molecule has 0 spiro atoms. The fourth-order valence-corrected chi connectivity index (χ4v) is 8.45. The highest BCUT2D eigenvalue weighted by atomic mass is 16.3. The number of furan rings is 2. The minimum absolute atomic E-state index is 0.539. The largest absolute Gasteiger partial charge is 0.456 e. The van der Waals surface area contributed by atoms with E-state index in [1.54, 1.807) is 0 Å². The lowest BCUT2D eigenvalue weighted by Gasteiger charge is -2.12. The maximum absolute atomic E-state index is 6.78. The van der Waals surface area contributed by atoms with Crippen molar-refractivity contribution >= 4 is 76.2 Å². The summed E-state index contributed by atoms with van der Waals surface area (Å²) in [5, 5.41) is 11.7. The van der Waals surface area contributed by atoms with E-state index < -0.39 is 0 Å². The van der Waals surface area contributed by atoms with Gasteiger partial charge in [0.05, 0.1) is 5.56 Å². The number of para-hydroxylation sites is 2. The molecule has 5 nitrogen and oxygen atoms in total. The second-order valence-electron chi connectivity index (χ2n) is 14.3. The molecule has 260 valence electrons. The molecule has 3 heterocycles. The quantitative estimate of drug-likeness (QED) is 0.170. The molecule has 9 aromatic carbocycles. The van der Waals surface area contributed by atoms with Gasteiger partial charge in [0.15, 0.2) is 17.5 Å². The fraction of sp³-hybridized carbons (Fsp3) is 0. The van der Waals surface area contributed by atoms with Gasteiger partial charge in [0, 0.05) is 32.7 Å². The second kappa shape index (κ2) is 11.9. The van der Waals surface area contributed by atoms with Crippen LogP contribution in [0.2, 0.25) is 0 Å². The minimum Gasteiger partial charge on any atom is -0.456 e. The lowest BCUT2D eigenvalue weighted by Crippen LogP contribution is -2.00. The summed E-state index contributed by atoms with van der Waals surface area (Å²) >= 11 is 0. The second-order valence-corrected chi connectivity index (χ2v) is 14.3. The summed E-state index contributed by atoms with van der Waals surface area (Å²) in [6, 6.07) is 61.1. The first kappa shape index (κ1) is 30.8. The Hall–Kier alpha value is -7.63. The van der Waals surface area contributed by atoms with Gasteiger partial charge in [-0.05, 0) is 85.9 Å². The number of hydrogen-bond acceptors (Lipinski definition) is 5. The molecule has 0 aliphatic heterocycles. The normalized spacial score (nSPS) is 11.9. The molecular weight excluding hydrogens is 687 g/mol. The molecule has 0 atom stereocenters. The summed E-state index contributed by atoms with van der Waals surface area (Å²) in [4.78, 5) is 15.1. The molecule has 0 saturated carbocycles. The van der Waals surface area contributed by atoms with Gasteiger partial charge in [-0.1, -0.05) is 133 Å². The van der Waals surface area contributed by atoms with E-state index in [9.17, 15) is 0 Å². The van der Waals surface area contributed by atoms with Crippen molar-refractivity contribution in [1.29, 1.82) is 0 Å². The summed E-state index contributed by atoms with van der Waals surface area (Å²) in [7, 11) is 0. The summed E-state index contributed by atoms with van der Waals surface area (Å²) in [6.07, 6.45) is 0. The van der Waals surface area contributed by atoms with E-state index in [4.69, 9.17) is 23.8 Å². The molecule has 56 heavy (non-hydrogen) atoms. The SMILES string of the molecule is c1ccc(-c2nc(-c3ccc4c(c3)oc3ccccc34)nc(-c3cccc4c3oc3cc(-c5ccc6c7ccccc7c7ccccc7c6c5)ccc34)n2)cc1. The Labute approximate surface area is 320 Å². The van der Waals surface area contributed by atoms with Crippen molar-refractivity contribution in [2.75, 3.05) is 0 Å². The zero-order valence-corrected chi connectivity index (χ0v) is 29.9. The van der Waals surface area contributed by atoms with Crippen LogP contribution in [0.15, 0.2) is 185 Å². The highest BCUT2D eigenvalue weighted by Crippen LogP contribution is 2.40. The Bertz CT molecular complexity index is 3510. The molecule has 0 bridgehead atoms. The van der Waals surface area contributed by atoms with Gasteiger partial charge in [0.25, 0.3) is 0 Å². The van der Waals surface area contributed by atoms with E-state index in [0.717, 1.165) is 71.7 Å². The van der Waals surface area contributed by atoms with Crippen LogP contribution in [-0.4, -0.2) is 15.0 Å². The average Bonchev–Trinajstić information content (AvgIpc) is 3.84. The standard InChI is InChI=1S/C51H29N3O2/c1-2-11-30(12-3-1)49-52-50(33-23-26-40-39-17-8-9-20-45(39)55-46(40)29-33)54-51(53-49)43-19-10-18-42-41-25-22-32(28-47(41)56-48(42)43)31-21-24-38-36-15-5-4-13-34(36)35-14-6-7-16-37(35)44(38)27-31/h1-29H. The zero-order valence-electron chi connectivity index (χ0n) is 29.9. The van der Waals surface area contributed by atoms with E-state index >= 15 is 0 Å². The summed E-state index contributed by atoms with van der Waals surface area (Å²) in [6.45, 7) is 0. The van der Waals surface area contributed by atoms with Crippen LogP contribution in [0.5, 0.6) is 0 Å². The number of hydrogen-bond donors (Lipinski definition) is 0. The predicted molar refractivity (Wildman–Crippen MR) is 229 cm³/mol. The highest BCUT2D eigenvalue weighted by molar-refractivity contribution is 6.25. The van der Waals surface area contributed by atoms with Crippen molar-refractivity contribution < 1.29 is 8.83 Å². The highest BCUT2D eigenvalue weighted by Gasteiger charge is 2.19. The van der Waals surface area contributed by atoms with E-state index in [1.807, 2.05) is 66.7 Å². The third-order valence-electron chi connectivity index (χ3n) is 11.1. The predicted octanol–water partition coefficient (Wildman–Crippen LogP) is 13.8. The minimum atomic E-state index is 0.539. The van der Waals surface area contributed by atoms with Crippen molar-refractivity contribution in [3.8, 4) is 45.3 Å². The van der Waals surface area contributed by atoms with E-state index in [2.05, 4.69) is 109 Å². The lowest BCUT2D eigenvalue weighted by molar-refractivity contribution is 0.668. The van der Waals surface area contributed by atoms with Crippen LogP contribution in [0.4, 0.5) is 0 Å². The summed E-state index contributed by atoms with van der Waals surface area (Å²) in [5.41, 5.74) is 7.95. The van der Waals surface area contributed by atoms with Gasteiger partial charge in [-0.2, -0.15) is 0 Å². The van der Waals surface area contributed by atoms with Crippen molar-refractivity contribution in [3.05, 3.63) is 176 Å². The number of aromatic nitrogens is 3. The van der Waals surface area contributed by atoms with E-state index in [1.165, 1.54) is 32.3 Å². The van der Waals surface area contributed by atoms with Gasteiger partial charge >= 0.3 is 0 Å². The molecule has 3 aromatic heterocycles. The Morgan fingerprint density at radius 1 is 0.268 bits per heavy atom. The van der Waals surface area contributed by atoms with Gasteiger partial charge in [-0.25, -0.2) is 15.0 Å². The third-order valence-corrected chi connectivity index (χ3v) is 11.1. The van der Waals surface area contributed by atoms with Gasteiger partial charge in [0.1, 0.15) is 22.3 Å². The summed E-state index contributed by atoms with van der Waals surface area (Å²) in [5.74, 6) is 1.68. The molecule has 0 aliphatic rings. The Morgan fingerprint density at radius 2 is 0.750 bits per heavy atom. The first-order chi connectivity index (χ1) is 27.7. The number of rotatable bonds is 4. The van der Waals surface area contributed by atoms with Gasteiger partial charge in [-0.15, -0.1) is 0 Å². The van der Waals surface area contributed by atoms with Gasteiger partial charge in [-0.3, -0.25) is 0 Å². The number of fused-ring (bicyclic) bond motifs is 12. The van der Waals surface area contributed by atoms with Gasteiger partial charge in [0.2, 0.25) is 0 Å². The molecule has 12 aromatic rings. The van der Waals surface area contributed by atoms with Crippen LogP contribution < -0.4 is 0 Å². The monoisotopic (exact) mass is 715 g/mol. The average molecular weight is 716 g/mol. The van der Waals surface area contributed by atoms with Crippen molar-refractivity contribution in [1.82, 2.24) is 15.0 Å². The van der Waals surface area contributed by atoms with Crippen LogP contribution >= 0.6 is 0 Å². The van der Waals surface area contributed by atoms with Crippen molar-refractivity contribution in [3.63, 3.8) is 0 Å². The topological polar surface area (TPSA) is 65.0 Å². The van der Waals surface area contributed by atoms with Crippen LogP contribution in [-0.2, 0) is 0 Å². The first-order valence-corrected chi connectivity index (χ1v) is 18.8. The third kappa shape index (κ3) is 4.71. The molecule has 0 unspecified atom stereocenters. The van der Waals surface area contributed by atoms with E-state index in [0.29, 0.717) is 17.5 Å². The van der Waals surface area contributed by atoms with Gasteiger partial charge < -0.3 is 8.83 Å². The molecule has 12 rings (SSSR count). The maximum atomic E-state index is 6.78. The zero-order chi connectivity index (χ0) is 36.7. The lowest BCUT2D eigenvalue weighted by atomic mass is 9.92.